The van der Waals surface area contributed by atoms with Crippen molar-refractivity contribution in [2.75, 3.05) is 0 Å². The van der Waals surface area contributed by atoms with Crippen molar-refractivity contribution in [3.05, 3.63) is 24.8 Å². The van der Waals surface area contributed by atoms with Gasteiger partial charge in [-0.1, -0.05) is 18.2 Å². The van der Waals surface area contributed by atoms with Crippen LogP contribution in [0.25, 0.3) is 0 Å². The van der Waals surface area contributed by atoms with E-state index in [1.807, 2.05) is 19.1 Å². The summed E-state index contributed by atoms with van der Waals surface area (Å²) in [5.41, 5.74) is 0. The summed E-state index contributed by atoms with van der Waals surface area (Å²) in [6.45, 7) is 6.22. The molecular formula is C10H16F2. The molecule has 0 heterocycles. The zero-order valence-electron chi connectivity index (χ0n) is 7.69. The summed E-state index contributed by atoms with van der Waals surface area (Å²) in [7, 11) is 0. The standard InChI is InChI=1S/C10H16F2/c1-4-6-7-8-9(5-2)10(3,11)12/h4-6,9H,2,7-8H2,1,3H3/b6-4-. The molecule has 0 radical (unpaired) electrons. The molecule has 0 spiro atoms. The van der Waals surface area contributed by atoms with Crippen LogP contribution in [-0.4, -0.2) is 5.92 Å². The zero-order chi connectivity index (χ0) is 9.61. The molecule has 0 amide bonds. The van der Waals surface area contributed by atoms with Crippen LogP contribution in [0.3, 0.4) is 0 Å². The second-order valence-corrected chi connectivity index (χ2v) is 2.94. The Hall–Kier alpha value is -0.660. The Labute approximate surface area is 73.0 Å². The molecule has 70 valence electrons. The Morgan fingerprint density at radius 3 is 2.42 bits per heavy atom. The van der Waals surface area contributed by atoms with E-state index in [1.165, 1.54) is 6.08 Å². The normalized spacial score (nSPS) is 15.0. The van der Waals surface area contributed by atoms with Gasteiger partial charge in [-0.05, 0) is 26.7 Å². The van der Waals surface area contributed by atoms with E-state index in [1.54, 1.807) is 0 Å². The predicted octanol–water partition coefficient (Wildman–Crippen LogP) is 3.80. The van der Waals surface area contributed by atoms with E-state index in [-0.39, 0.29) is 0 Å². The van der Waals surface area contributed by atoms with Crippen LogP contribution in [0, 0.1) is 5.92 Å². The lowest BCUT2D eigenvalue weighted by Gasteiger charge is -2.18. The minimum Gasteiger partial charge on any atom is -0.207 e. The van der Waals surface area contributed by atoms with E-state index < -0.39 is 11.8 Å². The molecule has 0 bridgehead atoms. The van der Waals surface area contributed by atoms with Crippen LogP contribution in [0.5, 0.6) is 0 Å². The molecule has 1 atom stereocenters. The maximum atomic E-state index is 12.7. The maximum absolute atomic E-state index is 12.7. The largest absolute Gasteiger partial charge is 0.251 e. The van der Waals surface area contributed by atoms with Crippen molar-refractivity contribution < 1.29 is 8.78 Å². The first kappa shape index (κ1) is 11.3. The maximum Gasteiger partial charge on any atom is 0.251 e. The highest BCUT2D eigenvalue weighted by Crippen LogP contribution is 2.28. The summed E-state index contributed by atoms with van der Waals surface area (Å²) < 4.78 is 25.4. The van der Waals surface area contributed by atoms with Gasteiger partial charge in [0.25, 0.3) is 5.92 Å². The van der Waals surface area contributed by atoms with Gasteiger partial charge >= 0.3 is 0 Å². The van der Waals surface area contributed by atoms with Crippen LogP contribution in [0.2, 0.25) is 0 Å². The quantitative estimate of drug-likeness (QED) is 0.556. The van der Waals surface area contributed by atoms with Crippen LogP contribution < -0.4 is 0 Å². The summed E-state index contributed by atoms with van der Waals surface area (Å²) in [6.07, 6.45) is 6.26. The third kappa shape index (κ3) is 4.27. The lowest BCUT2D eigenvalue weighted by molar-refractivity contribution is -0.0231. The van der Waals surface area contributed by atoms with Crippen LogP contribution in [0.15, 0.2) is 24.8 Å². The summed E-state index contributed by atoms with van der Waals surface area (Å²) >= 11 is 0. The number of allylic oxidation sites excluding steroid dienone is 3. The smallest absolute Gasteiger partial charge is 0.207 e. The highest BCUT2D eigenvalue weighted by Gasteiger charge is 2.30. The molecule has 0 aliphatic carbocycles. The molecular weight excluding hydrogens is 158 g/mol. The SMILES string of the molecule is C=CC(CC/C=C\C)C(C)(F)F. The molecule has 0 aromatic rings. The van der Waals surface area contributed by atoms with Crippen molar-refractivity contribution >= 4 is 0 Å². The molecule has 0 fully saturated rings. The average Bonchev–Trinajstić information content (AvgIpc) is 1.95. The summed E-state index contributed by atoms with van der Waals surface area (Å²) in [5.74, 6) is -3.34. The highest BCUT2D eigenvalue weighted by molar-refractivity contribution is 4.90. The third-order valence-corrected chi connectivity index (χ3v) is 1.82. The van der Waals surface area contributed by atoms with Gasteiger partial charge < -0.3 is 0 Å². The first-order valence-electron chi connectivity index (χ1n) is 4.14. The van der Waals surface area contributed by atoms with Crippen LogP contribution in [-0.2, 0) is 0 Å². The zero-order valence-corrected chi connectivity index (χ0v) is 7.69. The molecule has 0 saturated heterocycles. The Balaban J connectivity index is 3.92. The van der Waals surface area contributed by atoms with E-state index in [2.05, 4.69) is 6.58 Å². The molecule has 0 saturated carbocycles. The van der Waals surface area contributed by atoms with E-state index in [0.717, 1.165) is 6.92 Å². The summed E-state index contributed by atoms with van der Waals surface area (Å²) in [6, 6.07) is 0. The Morgan fingerprint density at radius 1 is 1.50 bits per heavy atom. The third-order valence-electron chi connectivity index (χ3n) is 1.82. The number of alkyl halides is 2. The monoisotopic (exact) mass is 174 g/mol. The average molecular weight is 174 g/mol. The van der Waals surface area contributed by atoms with Crippen LogP contribution >= 0.6 is 0 Å². The fourth-order valence-corrected chi connectivity index (χ4v) is 1.02. The summed E-state index contributed by atoms with van der Waals surface area (Å²) in [4.78, 5) is 0. The Bertz CT molecular complexity index is 154. The van der Waals surface area contributed by atoms with Crippen molar-refractivity contribution in [3.63, 3.8) is 0 Å². The minimum atomic E-state index is -2.64. The lowest BCUT2D eigenvalue weighted by Crippen LogP contribution is -2.21. The Kier molecular flexibility index (Phi) is 4.79. The van der Waals surface area contributed by atoms with E-state index in [9.17, 15) is 8.78 Å². The van der Waals surface area contributed by atoms with Gasteiger partial charge in [0.15, 0.2) is 0 Å². The second-order valence-electron chi connectivity index (χ2n) is 2.94. The first-order chi connectivity index (χ1) is 5.52. The van der Waals surface area contributed by atoms with Gasteiger partial charge in [-0.3, -0.25) is 0 Å². The van der Waals surface area contributed by atoms with Gasteiger partial charge in [-0.2, -0.15) is 0 Å². The lowest BCUT2D eigenvalue weighted by atomic mass is 9.97. The number of hydrogen-bond donors (Lipinski definition) is 0. The summed E-state index contributed by atoms with van der Waals surface area (Å²) in [5, 5.41) is 0. The van der Waals surface area contributed by atoms with E-state index in [4.69, 9.17) is 0 Å². The second kappa shape index (κ2) is 5.07. The van der Waals surface area contributed by atoms with Gasteiger partial charge in [0.05, 0.1) is 0 Å². The molecule has 12 heavy (non-hydrogen) atoms. The molecule has 2 heteroatoms. The van der Waals surface area contributed by atoms with Gasteiger partial charge in [0, 0.05) is 5.92 Å². The van der Waals surface area contributed by atoms with Crippen molar-refractivity contribution in [2.45, 2.75) is 32.6 Å². The first-order valence-corrected chi connectivity index (χ1v) is 4.14. The number of hydrogen-bond acceptors (Lipinski definition) is 0. The fraction of sp³-hybridized carbons (Fsp3) is 0.600. The van der Waals surface area contributed by atoms with Crippen molar-refractivity contribution in [1.29, 1.82) is 0 Å². The van der Waals surface area contributed by atoms with Gasteiger partial charge in [0.2, 0.25) is 0 Å². The number of rotatable bonds is 5. The van der Waals surface area contributed by atoms with Gasteiger partial charge in [-0.25, -0.2) is 8.78 Å². The molecule has 0 N–H and O–H groups in total. The number of halogens is 2. The van der Waals surface area contributed by atoms with Crippen molar-refractivity contribution in [2.24, 2.45) is 5.92 Å². The molecule has 0 nitrogen and oxygen atoms in total. The molecule has 1 unspecified atom stereocenters. The van der Waals surface area contributed by atoms with Gasteiger partial charge in [0.1, 0.15) is 0 Å². The molecule has 0 aliphatic heterocycles. The molecule has 0 aromatic heterocycles. The van der Waals surface area contributed by atoms with Crippen molar-refractivity contribution in [3.8, 4) is 0 Å². The predicted molar refractivity (Wildman–Crippen MR) is 48.4 cm³/mol. The van der Waals surface area contributed by atoms with E-state index >= 15 is 0 Å². The van der Waals surface area contributed by atoms with Crippen LogP contribution in [0.1, 0.15) is 26.7 Å². The molecule has 0 aliphatic rings. The topological polar surface area (TPSA) is 0 Å². The highest BCUT2D eigenvalue weighted by atomic mass is 19.3. The van der Waals surface area contributed by atoms with Gasteiger partial charge in [-0.15, -0.1) is 6.58 Å². The Morgan fingerprint density at radius 2 is 2.08 bits per heavy atom. The van der Waals surface area contributed by atoms with Crippen LogP contribution in [0.4, 0.5) is 8.78 Å². The minimum absolute atomic E-state index is 0.470. The molecule has 0 aromatic carbocycles. The van der Waals surface area contributed by atoms with Crippen molar-refractivity contribution in [1.82, 2.24) is 0 Å². The van der Waals surface area contributed by atoms with E-state index in [0.29, 0.717) is 12.8 Å². The fourth-order valence-electron chi connectivity index (χ4n) is 1.02. The molecule has 0 rings (SSSR count).